The number of carbonyl (C=O) groups excluding carboxylic acids is 1. The summed E-state index contributed by atoms with van der Waals surface area (Å²) in [6, 6.07) is 3.59. The number of benzene rings is 1. The highest BCUT2D eigenvalue weighted by Crippen LogP contribution is 2.22. The standard InChI is InChI=1S/C14H19NO4/c1-8-5-6-9(10(16)7-8)12(17)15-11(13(18)19)14(2,3)4/h5-7,11,16H,1-4H3,(H,15,17)(H,18,19)/t11-/m0/s1. The Morgan fingerprint density at radius 2 is 1.84 bits per heavy atom. The van der Waals surface area contributed by atoms with Gasteiger partial charge in [-0.1, -0.05) is 26.8 Å². The van der Waals surface area contributed by atoms with Crippen LogP contribution in [0.25, 0.3) is 0 Å². The van der Waals surface area contributed by atoms with E-state index in [1.165, 1.54) is 12.1 Å². The van der Waals surface area contributed by atoms with Crippen LogP contribution in [0.1, 0.15) is 36.7 Å². The lowest BCUT2D eigenvalue weighted by atomic mass is 9.86. The van der Waals surface area contributed by atoms with Crippen molar-refractivity contribution < 1.29 is 19.8 Å². The molecule has 1 aromatic carbocycles. The molecule has 0 unspecified atom stereocenters. The molecule has 0 fully saturated rings. The molecular weight excluding hydrogens is 246 g/mol. The number of aliphatic carboxylic acids is 1. The Morgan fingerprint density at radius 1 is 1.26 bits per heavy atom. The van der Waals surface area contributed by atoms with Crippen LogP contribution in [0.4, 0.5) is 0 Å². The molecule has 0 aliphatic heterocycles. The van der Waals surface area contributed by atoms with Crippen molar-refractivity contribution in [2.45, 2.75) is 33.7 Å². The van der Waals surface area contributed by atoms with Crippen LogP contribution in [0, 0.1) is 12.3 Å². The summed E-state index contributed by atoms with van der Waals surface area (Å²) < 4.78 is 0. The fourth-order valence-corrected chi connectivity index (χ4v) is 1.69. The number of aromatic hydroxyl groups is 1. The molecule has 5 nitrogen and oxygen atoms in total. The average molecular weight is 265 g/mol. The summed E-state index contributed by atoms with van der Waals surface area (Å²) in [7, 11) is 0. The summed E-state index contributed by atoms with van der Waals surface area (Å²) >= 11 is 0. The summed E-state index contributed by atoms with van der Waals surface area (Å²) in [6.45, 7) is 6.96. The number of hydrogen-bond acceptors (Lipinski definition) is 3. The molecule has 0 aliphatic carbocycles. The van der Waals surface area contributed by atoms with Gasteiger partial charge in [-0.3, -0.25) is 4.79 Å². The number of amides is 1. The maximum atomic E-state index is 12.0. The topological polar surface area (TPSA) is 86.6 Å². The van der Waals surface area contributed by atoms with Crippen molar-refractivity contribution in [2.24, 2.45) is 5.41 Å². The highest BCUT2D eigenvalue weighted by Gasteiger charge is 2.33. The maximum absolute atomic E-state index is 12.0. The molecule has 19 heavy (non-hydrogen) atoms. The summed E-state index contributed by atoms with van der Waals surface area (Å²) in [6.07, 6.45) is 0. The third-order valence-corrected chi connectivity index (χ3v) is 2.79. The molecular formula is C14H19NO4. The molecule has 3 N–H and O–H groups in total. The van der Waals surface area contributed by atoms with Gasteiger partial charge in [0.15, 0.2) is 0 Å². The predicted molar refractivity (Wildman–Crippen MR) is 71.2 cm³/mol. The van der Waals surface area contributed by atoms with Crippen LogP contribution in [-0.4, -0.2) is 28.1 Å². The number of nitrogens with one attached hydrogen (secondary N) is 1. The maximum Gasteiger partial charge on any atom is 0.326 e. The van der Waals surface area contributed by atoms with Crippen LogP contribution in [0.2, 0.25) is 0 Å². The molecule has 0 heterocycles. The first-order valence-corrected chi connectivity index (χ1v) is 5.96. The van der Waals surface area contributed by atoms with Gasteiger partial charge in [-0.15, -0.1) is 0 Å². The molecule has 0 radical (unpaired) electrons. The van der Waals surface area contributed by atoms with Crippen molar-refractivity contribution in [3.05, 3.63) is 29.3 Å². The molecule has 5 heteroatoms. The highest BCUT2D eigenvalue weighted by atomic mass is 16.4. The number of carboxylic acids is 1. The molecule has 1 aromatic rings. The summed E-state index contributed by atoms with van der Waals surface area (Å²) in [5.74, 6) is -1.86. The highest BCUT2D eigenvalue weighted by molar-refractivity contribution is 5.99. The monoisotopic (exact) mass is 265 g/mol. The van der Waals surface area contributed by atoms with E-state index in [4.69, 9.17) is 5.11 Å². The van der Waals surface area contributed by atoms with Gasteiger partial charge in [0.25, 0.3) is 5.91 Å². The zero-order valence-corrected chi connectivity index (χ0v) is 11.5. The van der Waals surface area contributed by atoms with Gasteiger partial charge in [0.2, 0.25) is 0 Å². The fraction of sp³-hybridized carbons (Fsp3) is 0.429. The molecule has 0 saturated heterocycles. The second-order valence-electron chi connectivity index (χ2n) is 5.63. The van der Waals surface area contributed by atoms with E-state index in [0.717, 1.165) is 5.56 Å². The quantitative estimate of drug-likeness (QED) is 0.779. The third-order valence-electron chi connectivity index (χ3n) is 2.79. The lowest BCUT2D eigenvalue weighted by Crippen LogP contribution is -2.49. The number of phenols is 1. The number of rotatable bonds is 3. The Labute approximate surface area is 112 Å². The Bertz CT molecular complexity index is 503. The van der Waals surface area contributed by atoms with Gasteiger partial charge >= 0.3 is 5.97 Å². The SMILES string of the molecule is Cc1ccc(C(=O)N[C@@H](C(=O)O)C(C)(C)C)c(O)c1. The third kappa shape index (κ3) is 3.71. The van der Waals surface area contributed by atoms with Crippen molar-refractivity contribution in [1.82, 2.24) is 5.32 Å². The zero-order chi connectivity index (χ0) is 14.8. The Kier molecular flexibility index (Phi) is 4.19. The fourth-order valence-electron chi connectivity index (χ4n) is 1.69. The summed E-state index contributed by atoms with van der Waals surface area (Å²) in [5, 5.41) is 21.3. The van der Waals surface area contributed by atoms with E-state index in [0.29, 0.717) is 0 Å². The van der Waals surface area contributed by atoms with Gasteiger partial charge in [-0.25, -0.2) is 4.79 Å². The molecule has 0 bridgehead atoms. The predicted octanol–water partition coefficient (Wildman–Crippen LogP) is 1.93. The van der Waals surface area contributed by atoms with Gasteiger partial charge < -0.3 is 15.5 Å². The average Bonchev–Trinajstić information content (AvgIpc) is 2.23. The van der Waals surface area contributed by atoms with Crippen molar-refractivity contribution in [2.75, 3.05) is 0 Å². The number of phenolic OH excluding ortho intramolecular Hbond substituents is 1. The van der Waals surface area contributed by atoms with E-state index in [1.54, 1.807) is 33.8 Å². The van der Waals surface area contributed by atoms with Crippen molar-refractivity contribution in [3.63, 3.8) is 0 Å². The number of hydrogen-bond donors (Lipinski definition) is 3. The summed E-state index contributed by atoms with van der Waals surface area (Å²) in [5.41, 5.74) is 0.266. The Morgan fingerprint density at radius 3 is 2.26 bits per heavy atom. The largest absolute Gasteiger partial charge is 0.507 e. The van der Waals surface area contributed by atoms with Crippen LogP contribution in [0.3, 0.4) is 0 Å². The first-order valence-electron chi connectivity index (χ1n) is 5.96. The lowest BCUT2D eigenvalue weighted by molar-refractivity contribution is -0.142. The molecule has 0 aromatic heterocycles. The smallest absolute Gasteiger partial charge is 0.326 e. The van der Waals surface area contributed by atoms with E-state index in [9.17, 15) is 14.7 Å². The number of carbonyl (C=O) groups is 2. The molecule has 0 spiro atoms. The van der Waals surface area contributed by atoms with Crippen LogP contribution < -0.4 is 5.32 Å². The first-order chi connectivity index (χ1) is 8.62. The van der Waals surface area contributed by atoms with E-state index in [2.05, 4.69) is 5.32 Å². The summed E-state index contributed by atoms with van der Waals surface area (Å²) in [4.78, 5) is 23.2. The van der Waals surface area contributed by atoms with Crippen molar-refractivity contribution in [3.8, 4) is 5.75 Å². The second-order valence-corrected chi connectivity index (χ2v) is 5.63. The normalized spacial score (nSPS) is 12.8. The molecule has 1 rings (SSSR count). The van der Waals surface area contributed by atoms with Gasteiger partial charge in [-0.2, -0.15) is 0 Å². The van der Waals surface area contributed by atoms with Gasteiger partial charge in [-0.05, 0) is 30.0 Å². The van der Waals surface area contributed by atoms with Gasteiger partial charge in [0, 0.05) is 0 Å². The Balaban J connectivity index is 2.98. The van der Waals surface area contributed by atoms with E-state index in [-0.39, 0.29) is 11.3 Å². The zero-order valence-electron chi connectivity index (χ0n) is 11.5. The minimum absolute atomic E-state index is 0.0705. The van der Waals surface area contributed by atoms with Crippen LogP contribution >= 0.6 is 0 Å². The molecule has 0 aliphatic rings. The van der Waals surface area contributed by atoms with E-state index < -0.39 is 23.3 Å². The van der Waals surface area contributed by atoms with Crippen LogP contribution in [0.15, 0.2) is 18.2 Å². The minimum Gasteiger partial charge on any atom is -0.507 e. The van der Waals surface area contributed by atoms with Crippen molar-refractivity contribution in [1.29, 1.82) is 0 Å². The van der Waals surface area contributed by atoms with Crippen LogP contribution in [-0.2, 0) is 4.79 Å². The second kappa shape index (κ2) is 5.30. The molecule has 1 atom stereocenters. The first kappa shape index (κ1) is 15.0. The number of carboxylic acid groups (broad SMARTS) is 1. The Hall–Kier alpha value is -2.04. The van der Waals surface area contributed by atoms with E-state index in [1.807, 2.05) is 0 Å². The minimum atomic E-state index is -1.10. The molecule has 0 saturated carbocycles. The van der Waals surface area contributed by atoms with Gasteiger partial charge in [0.1, 0.15) is 11.8 Å². The number of aryl methyl sites for hydroxylation is 1. The van der Waals surface area contributed by atoms with Crippen molar-refractivity contribution >= 4 is 11.9 Å². The van der Waals surface area contributed by atoms with Crippen LogP contribution in [0.5, 0.6) is 5.75 Å². The molecule has 1 amide bonds. The molecule has 104 valence electrons. The van der Waals surface area contributed by atoms with E-state index >= 15 is 0 Å². The lowest BCUT2D eigenvalue weighted by Gasteiger charge is -2.27. The van der Waals surface area contributed by atoms with Gasteiger partial charge in [0.05, 0.1) is 5.56 Å².